The zero-order valence-electron chi connectivity index (χ0n) is 15.7. The maximum absolute atomic E-state index is 13.3. The standard InChI is InChI=1S/C22H23FN2O3/c1-28-20-17-5-3-2-4-15(17)12-18(20)24-22(27)19(25-21(26)14-6-7-14)13-8-10-16(23)11-9-13/h2-5,8-11,14,18-20H,6-7,12H2,1H3,(H,24,27)(H,25,26)/t18-,19-,20-/m1/s1. The molecule has 2 aromatic carbocycles. The molecule has 2 aliphatic carbocycles. The average Bonchev–Trinajstić information content (AvgIpc) is 3.48. The van der Waals surface area contributed by atoms with Crippen molar-refractivity contribution >= 4 is 11.8 Å². The highest BCUT2D eigenvalue weighted by atomic mass is 19.1. The van der Waals surface area contributed by atoms with Crippen molar-refractivity contribution in [3.05, 3.63) is 71.0 Å². The van der Waals surface area contributed by atoms with Gasteiger partial charge in [0, 0.05) is 13.0 Å². The predicted molar refractivity (Wildman–Crippen MR) is 102 cm³/mol. The van der Waals surface area contributed by atoms with Crippen LogP contribution >= 0.6 is 0 Å². The fourth-order valence-corrected chi connectivity index (χ4v) is 3.80. The van der Waals surface area contributed by atoms with Crippen molar-refractivity contribution in [2.75, 3.05) is 7.11 Å². The normalized spacial score (nSPS) is 21.6. The Bertz CT molecular complexity index is 880. The van der Waals surface area contributed by atoms with Gasteiger partial charge in [-0.05, 0) is 48.1 Å². The van der Waals surface area contributed by atoms with E-state index in [2.05, 4.69) is 10.6 Å². The molecule has 2 N–H and O–H groups in total. The van der Waals surface area contributed by atoms with Gasteiger partial charge in [-0.25, -0.2) is 4.39 Å². The van der Waals surface area contributed by atoms with E-state index in [0.29, 0.717) is 12.0 Å². The van der Waals surface area contributed by atoms with Crippen LogP contribution in [0.2, 0.25) is 0 Å². The van der Waals surface area contributed by atoms with Gasteiger partial charge in [-0.3, -0.25) is 9.59 Å². The molecule has 0 aliphatic heterocycles. The first kappa shape index (κ1) is 18.6. The highest BCUT2D eigenvalue weighted by Gasteiger charge is 2.37. The lowest BCUT2D eigenvalue weighted by Gasteiger charge is -2.25. The number of rotatable bonds is 6. The van der Waals surface area contributed by atoms with Crippen LogP contribution in [0.15, 0.2) is 48.5 Å². The predicted octanol–water partition coefficient (Wildman–Crippen LogP) is 2.82. The van der Waals surface area contributed by atoms with Gasteiger partial charge in [0.25, 0.3) is 0 Å². The first-order valence-corrected chi connectivity index (χ1v) is 9.53. The van der Waals surface area contributed by atoms with Crippen molar-refractivity contribution in [1.29, 1.82) is 0 Å². The number of fused-ring (bicyclic) bond motifs is 1. The van der Waals surface area contributed by atoms with Crippen LogP contribution in [-0.4, -0.2) is 25.0 Å². The summed E-state index contributed by atoms with van der Waals surface area (Å²) in [5, 5.41) is 5.86. The number of nitrogens with one attached hydrogen (secondary N) is 2. The number of methoxy groups -OCH3 is 1. The first-order chi connectivity index (χ1) is 13.6. The van der Waals surface area contributed by atoms with Crippen LogP contribution in [0.3, 0.4) is 0 Å². The van der Waals surface area contributed by atoms with E-state index in [1.165, 1.54) is 24.3 Å². The Balaban J connectivity index is 1.53. The molecule has 0 radical (unpaired) electrons. The lowest BCUT2D eigenvalue weighted by Crippen LogP contribution is -2.46. The molecule has 1 fully saturated rings. The minimum Gasteiger partial charge on any atom is -0.375 e. The summed E-state index contributed by atoms with van der Waals surface area (Å²) in [4.78, 5) is 25.4. The van der Waals surface area contributed by atoms with Gasteiger partial charge < -0.3 is 15.4 Å². The van der Waals surface area contributed by atoms with E-state index in [0.717, 1.165) is 24.0 Å². The fraction of sp³-hybridized carbons (Fsp3) is 0.364. The minimum absolute atomic E-state index is 0.0294. The van der Waals surface area contributed by atoms with Gasteiger partial charge in [-0.1, -0.05) is 36.4 Å². The SMILES string of the molecule is CO[C@@H]1c2ccccc2C[C@H]1NC(=O)[C@H](NC(=O)C1CC1)c1ccc(F)cc1. The van der Waals surface area contributed by atoms with Crippen LogP contribution in [0.1, 0.15) is 41.7 Å². The largest absolute Gasteiger partial charge is 0.375 e. The molecule has 0 bridgehead atoms. The summed E-state index contributed by atoms with van der Waals surface area (Å²) in [6.07, 6.45) is 2.10. The van der Waals surface area contributed by atoms with Crippen LogP contribution < -0.4 is 10.6 Å². The number of carbonyl (C=O) groups excluding carboxylic acids is 2. The Kier molecular flexibility index (Phi) is 5.13. The van der Waals surface area contributed by atoms with Crippen molar-refractivity contribution in [2.24, 2.45) is 5.92 Å². The summed E-state index contributed by atoms with van der Waals surface area (Å²) in [6.45, 7) is 0. The molecule has 1 saturated carbocycles. The zero-order chi connectivity index (χ0) is 19.7. The third-order valence-electron chi connectivity index (χ3n) is 5.45. The van der Waals surface area contributed by atoms with Gasteiger partial charge in [0.1, 0.15) is 18.0 Å². The number of hydrogen-bond donors (Lipinski definition) is 2. The molecule has 0 saturated heterocycles. The summed E-state index contributed by atoms with van der Waals surface area (Å²) in [5.41, 5.74) is 2.76. The van der Waals surface area contributed by atoms with Crippen LogP contribution in [-0.2, 0) is 20.7 Å². The second kappa shape index (κ2) is 7.72. The van der Waals surface area contributed by atoms with Crippen LogP contribution in [0, 0.1) is 11.7 Å². The van der Waals surface area contributed by atoms with E-state index in [1.807, 2.05) is 24.3 Å². The molecule has 2 amide bonds. The molecule has 0 unspecified atom stereocenters. The number of carbonyl (C=O) groups is 2. The number of ether oxygens (including phenoxy) is 1. The monoisotopic (exact) mass is 382 g/mol. The molecule has 0 aromatic heterocycles. The third-order valence-corrected chi connectivity index (χ3v) is 5.45. The molecule has 28 heavy (non-hydrogen) atoms. The second-order valence-corrected chi connectivity index (χ2v) is 7.44. The summed E-state index contributed by atoms with van der Waals surface area (Å²) >= 11 is 0. The van der Waals surface area contributed by atoms with Crippen molar-refractivity contribution in [1.82, 2.24) is 10.6 Å². The molecular formula is C22H23FN2O3. The fourth-order valence-electron chi connectivity index (χ4n) is 3.80. The van der Waals surface area contributed by atoms with Crippen molar-refractivity contribution < 1.29 is 18.7 Å². The third kappa shape index (κ3) is 3.78. The zero-order valence-corrected chi connectivity index (χ0v) is 15.7. The Labute approximate surface area is 163 Å². The van der Waals surface area contributed by atoms with Gasteiger partial charge in [0.2, 0.25) is 11.8 Å². The average molecular weight is 382 g/mol. The topological polar surface area (TPSA) is 67.4 Å². The minimum atomic E-state index is -0.866. The van der Waals surface area contributed by atoms with Gasteiger partial charge >= 0.3 is 0 Å². The number of hydrogen-bond acceptors (Lipinski definition) is 3. The highest BCUT2D eigenvalue weighted by molar-refractivity contribution is 5.90. The summed E-state index contributed by atoms with van der Waals surface area (Å²) < 4.78 is 19.0. The van der Waals surface area contributed by atoms with Crippen LogP contribution in [0.4, 0.5) is 4.39 Å². The Morgan fingerprint density at radius 1 is 1.11 bits per heavy atom. The van der Waals surface area contributed by atoms with E-state index in [1.54, 1.807) is 7.11 Å². The molecule has 0 heterocycles. The lowest BCUT2D eigenvalue weighted by molar-refractivity contribution is -0.130. The molecule has 3 atom stereocenters. The van der Waals surface area contributed by atoms with E-state index in [4.69, 9.17) is 4.74 Å². The molecule has 2 aromatic rings. The maximum Gasteiger partial charge on any atom is 0.247 e. The molecule has 6 heteroatoms. The maximum atomic E-state index is 13.3. The van der Waals surface area contributed by atoms with E-state index in [9.17, 15) is 14.0 Å². The van der Waals surface area contributed by atoms with Gasteiger partial charge in [-0.2, -0.15) is 0 Å². The number of halogens is 1. The van der Waals surface area contributed by atoms with Crippen molar-refractivity contribution in [3.63, 3.8) is 0 Å². The van der Waals surface area contributed by atoms with Gasteiger partial charge in [-0.15, -0.1) is 0 Å². The number of amides is 2. The van der Waals surface area contributed by atoms with Crippen molar-refractivity contribution in [2.45, 2.75) is 37.5 Å². The Morgan fingerprint density at radius 3 is 2.50 bits per heavy atom. The summed E-state index contributed by atoms with van der Waals surface area (Å²) in [6, 6.07) is 12.5. The smallest absolute Gasteiger partial charge is 0.247 e. The van der Waals surface area contributed by atoms with E-state index in [-0.39, 0.29) is 35.7 Å². The molecule has 146 valence electrons. The molecule has 4 rings (SSSR count). The number of benzene rings is 2. The van der Waals surface area contributed by atoms with E-state index < -0.39 is 6.04 Å². The summed E-state index contributed by atoms with van der Waals surface area (Å²) in [5.74, 6) is -0.872. The Hall–Kier alpha value is -2.73. The molecule has 5 nitrogen and oxygen atoms in total. The van der Waals surface area contributed by atoms with Crippen LogP contribution in [0.5, 0.6) is 0 Å². The van der Waals surface area contributed by atoms with Crippen molar-refractivity contribution in [3.8, 4) is 0 Å². The van der Waals surface area contributed by atoms with Crippen LogP contribution in [0.25, 0.3) is 0 Å². The molecular weight excluding hydrogens is 359 g/mol. The quantitative estimate of drug-likeness (QED) is 0.807. The summed E-state index contributed by atoms with van der Waals surface area (Å²) in [7, 11) is 1.62. The highest BCUT2D eigenvalue weighted by Crippen LogP contribution is 2.34. The molecule has 0 spiro atoms. The lowest BCUT2D eigenvalue weighted by atomic mass is 10.0. The van der Waals surface area contributed by atoms with Gasteiger partial charge in [0.15, 0.2) is 0 Å². The molecule has 2 aliphatic rings. The van der Waals surface area contributed by atoms with E-state index >= 15 is 0 Å². The van der Waals surface area contributed by atoms with Gasteiger partial charge in [0.05, 0.1) is 6.04 Å². The Morgan fingerprint density at radius 2 is 1.82 bits per heavy atom. The first-order valence-electron chi connectivity index (χ1n) is 9.53. The second-order valence-electron chi connectivity index (χ2n) is 7.44.